The Hall–Kier alpha value is -2.55. The number of anilines is 1. The van der Waals surface area contributed by atoms with Crippen molar-refractivity contribution in [1.82, 2.24) is 10.2 Å². The van der Waals surface area contributed by atoms with Gasteiger partial charge in [0.05, 0.1) is 22.4 Å². The number of fused-ring (bicyclic) bond motifs is 1. The van der Waals surface area contributed by atoms with Gasteiger partial charge in [-0.1, -0.05) is 60.3 Å². The third kappa shape index (κ3) is 3.90. The van der Waals surface area contributed by atoms with Gasteiger partial charge in [0.15, 0.2) is 0 Å². The number of hydrogen-bond acceptors (Lipinski definition) is 7. The summed E-state index contributed by atoms with van der Waals surface area (Å²) in [7, 11) is 0. The summed E-state index contributed by atoms with van der Waals surface area (Å²) in [5.74, 6) is 1.56. The molecule has 150 valence electrons. The molecule has 30 heavy (non-hydrogen) atoms. The first-order valence-corrected chi connectivity index (χ1v) is 12.2. The van der Waals surface area contributed by atoms with Crippen LogP contribution in [0.4, 0.5) is 5.69 Å². The second-order valence-electron chi connectivity index (χ2n) is 6.61. The largest absolute Gasteiger partial charge is 0.410 e. The molecule has 5 nitrogen and oxygen atoms in total. The molecule has 0 bridgehead atoms. The Kier molecular flexibility index (Phi) is 5.61. The molecular formula is C22H17N3O2S3. The molecule has 3 heterocycles. The lowest BCUT2D eigenvalue weighted by atomic mass is 10.1. The minimum absolute atomic E-state index is 0.0106. The molecule has 0 aliphatic carbocycles. The number of para-hydroxylation sites is 1. The van der Waals surface area contributed by atoms with Crippen molar-refractivity contribution in [2.24, 2.45) is 0 Å². The molecule has 1 aliphatic heterocycles. The molecule has 1 amide bonds. The second kappa shape index (κ2) is 8.67. The maximum absolute atomic E-state index is 13.4. The van der Waals surface area contributed by atoms with Crippen LogP contribution < -0.4 is 4.90 Å². The lowest BCUT2D eigenvalue weighted by Crippen LogP contribution is -2.39. The van der Waals surface area contributed by atoms with Gasteiger partial charge in [0, 0.05) is 10.6 Å². The summed E-state index contributed by atoms with van der Waals surface area (Å²) in [5, 5.41) is 10.6. The molecule has 1 aliphatic rings. The quantitative estimate of drug-likeness (QED) is 0.359. The van der Waals surface area contributed by atoms with E-state index >= 15 is 0 Å². The molecule has 5 rings (SSSR count). The SMILES string of the molecule is O=C(CSc1nnc(-c2cccs2)o1)N1c2ccccc2SC[C@H]1c1ccccc1. The van der Waals surface area contributed by atoms with E-state index in [1.165, 1.54) is 11.8 Å². The van der Waals surface area contributed by atoms with Crippen LogP contribution in [0.25, 0.3) is 10.8 Å². The van der Waals surface area contributed by atoms with Gasteiger partial charge in [0.1, 0.15) is 0 Å². The van der Waals surface area contributed by atoms with Crippen molar-refractivity contribution < 1.29 is 9.21 Å². The molecule has 0 radical (unpaired) electrons. The van der Waals surface area contributed by atoms with E-state index in [-0.39, 0.29) is 17.7 Å². The topological polar surface area (TPSA) is 59.2 Å². The van der Waals surface area contributed by atoms with Crippen molar-refractivity contribution in [1.29, 1.82) is 0 Å². The van der Waals surface area contributed by atoms with E-state index in [1.807, 2.05) is 58.8 Å². The predicted octanol–water partition coefficient (Wildman–Crippen LogP) is 5.77. The molecule has 0 fully saturated rings. The highest BCUT2D eigenvalue weighted by molar-refractivity contribution is 8.00. The lowest BCUT2D eigenvalue weighted by molar-refractivity contribution is -0.116. The van der Waals surface area contributed by atoms with Gasteiger partial charge in [-0.15, -0.1) is 33.3 Å². The van der Waals surface area contributed by atoms with Crippen LogP contribution in [0.2, 0.25) is 0 Å². The van der Waals surface area contributed by atoms with E-state index in [9.17, 15) is 4.79 Å². The average molecular weight is 452 g/mol. The molecule has 2 aromatic carbocycles. The third-order valence-electron chi connectivity index (χ3n) is 4.74. The molecule has 0 unspecified atom stereocenters. The van der Waals surface area contributed by atoms with Crippen LogP contribution in [0, 0.1) is 0 Å². The second-order valence-corrected chi connectivity index (χ2v) is 9.54. The third-order valence-corrected chi connectivity index (χ3v) is 7.54. The summed E-state index contributed by atoms with van der Waals surface area (Å²) in [4.78, 5) is 17.3. The average Bonchev–Trinajstić information content (AvgIpc) is 3.49. The molecule has 1 atom stereocenters. The number of amides is 1. The number of carbonyl (C=O) groups excluding carboxylic acids is 1. The fraction of sp³-hybridized carbons (Fsp3) is 0.136. The summed E-state index contributed by atoms with van der Waals surface area (Å²) in [6.07, 6.45) is 0. The smallest absolute Gasteiger partial charge is 0.277 e. The fourth-order valence-corrected chi connectivity index (χ4v) is 5.81. The van der Waals surface area contributed by atoms with E-state index in [2.05, 4.69) is 28.4 Å². The summed E-state index contributed by atoms with van der Waals surface area (Å²) in [6.45, 7) is 0. The molecule has 2 aromatic heterocycles. The normalized spacial score (nSPS) is 15.7. The fourth-order valence-electron chi connectivity index (χ4n) is 3.38. The van der Waals surface area contributed by atoms with Crippen LogP contribution in [0.3, 0.4) is 0 Å². The molecule has 4 aromatic rings. The van der Waals surface area contributed by atoms with E-state index in [0.29, 0.717) is 11.1 Å². The zero-order valence-corrected chi connectivity index (χ0v) is 18.3. The maximum Gasteiger partial charge on any atom is 0.277 e. The summed E-state index contributed by atoms with van der Waals surface area (Å²) in [5.41, 5.74) is 2.09. The highest BCUT2D eigenvalue weighted by atomic mass is 32.2. The van der Waals surface area contributed by atoms with Gasteiger partial charge in [-0.3, -0.25) is 4.79 Å². The number of thiophene rings is 1. The van der Waals surface area contributed by atoms with Crippen molar-refractivity contribution in [3.05, 3.63) is 77.7 Å². The zero-order chi connectivity index (χ0) is 20.3. The highest BCUT2D eigenvalue weighted by Crippen LogP contribution is 2.43. The highest BCUT2D eigenvalue weighted by Gasteiger charge is 2.32. The van der Waals surface area contributed by atoms with E-state index in [0.717, 1.165) is 26.8 Å². The van der Waals surface area contributed by atoms with Crippen LogP contribution in [0.5, 0.6) is 0 Å². The number of hydrogen-bond donors (Lipinski definition) is 0. The van der Waals surface area contributed by atoms with Crippen molar-refractivity contribution >= 4 is 46.5 Å². The van der Waals surface area contributed by atoms with Gasteiger partial charge in [-0.25, -0.2) is 0 Å². The Morgan fingerprint density at radius 1 is 1.07 bits per heavy atom. The van der Waals surface area contributed by atoms with Gasteiger partial charge in [-0.2, -0.15) is 0 Å². The van der Waals surface area contributed by atoms with Gasteiger partial charge >= 0.3 is 0 Å². The van der Waals surface area contributed by atoms with Crippen molar-refractivity contribution in [2.45, 2.75) is 16.2 Å². The Bertz CT molecular complexity index is 1150. The minimum Gasteiger partial charge on any atom is -0.410 e. The predicted molar refractivity (Wildman–Crippen MR) is 122 cm³/mol. The lowest BCUT2D eigenvalue weighted by Gasteiger charge is -2.37. The van der Waals surface area contributed by atoms with Crippen molar-refractivity contribution in [3.8, 4) is 10.8 Å². The number of rotatable bonds is 5. The molecule has 8 heteroatoms. The van der Waals surface area contributed by atoms with Crippen LogP contribution in [0.15, 0.2) is 86.6 Å². The standard InChI is InChI=1S/C22H17N3O2S3/c26-20(14-30-22-24-23-21(27-22)19-11-6-12-28-19)25-16-9-4-5-10-18(16)29-13-17(25)15-7-2-1-3-8-15/h1-12,17H,13-14H2/t17-/m0/s1. The number of nitrogens with zero attached hydrogens (tertiary/aromatic N) is 3. The van der Waals surface area contributed by atoms with Crippen LogP contribution in [-0.2, 0) is 4.79 Å². The van der Waals surface area contributed by atoms with E-state index in [1.54, 1.807) is 23.1 Å². The number of benzene rings is 2. The van der Waals surface area contributed by atoms with Crippen LogP contribution in [0.1, 0.15) is 11.6 Å². The van der Waals surface area contributed by atoms with Crippen molar-refractivity contribution in [3.63, 3.8) is 0 Å². The number of aromatic nitrogens is 2. The van der Waals surface area contributed by atoms with Gasteiger partial charge in [0.25, 0.3) is 11.1 Å². The van der Waals surface area contributed by atoms with Crippen LogP contribution in [-0.4, -0.2) is 27.6 Å². The molecule has 0 saturated carbocycles. The maximum atomic E-state index is 13.4. The molecule has 0 spiro atoms. The molecule has 0 N–H and O–H groups in total. The Balaban J connectivity index is 1.38. The number of carbonyl (C=O) groups is 1. The first-order chi connectivity index (χ1) is 14.8. The monoisotopic (exact) mass is 451 g/mol. The number of thioether (sulfide) groups is 2. The zero-order valence-electron chi connectivity index (χ0n) is 15.8. The summed E-state index contributed by atoms with van der Waals surface area (Å²) >= 11 is 4.61. The first kappa shape index (κ1) is 19.4. The molecule has 0 saturated heterocycles. The Morgan fingerprint density at radius 3 is 2.73 bits per heavy atom. The Labute approximate surface area is 186 Å². The minimum atomic E-state index is -0.0106. The van der Waals surface area contributed by atoms with Gasteiger partial charge < -0.3 is 9.32 Å². The summed E-state index contributed by atoms with van der Waals surface area (Å²) in [6, 6.07) is 22.1. The van der Waals surface area contributed by atoms with Crippen molar-refractivity contribution in [2.75, 3.05) is 16.4 Å². The molecular weight excluding hydrogens is 434 g/mol. The summed E-state index contributed by atoms with van der Waals surface area (Å²) < 4.78 is 5.72. The van der Waals surface area contributed by atoms with Crippen LogP contribution >= 0.6 is 34.9 Å². The van der Waals surface area contributed by atoms with E-state index in [4.69, 9.17) is 4.42 Å². The van der Waals surface area contributed by atoms with Gasteiger partial charge in [0.2, 0.25) is 5.91 Å². The Morgan fingerprint density at radius 2 is 1.90 bits per heavy atom. The van der Waals surface area contributed by atoms with E-state index < -0.39 is 0 Å². The van der Waals surface area contributed by atoms with Gasteiger partial charge in [-0.05, 0) is 29.1 Å². The first-order valence-electron chi connectivity index (χ1n) is 9.38.